The maximum Gasteiger partial charge on any atom is 0.262 e. The highest BCUT2D eigenvalue weighted by Crippen LogP contribution is 2.39. The van der Waals surface area contributed by atoms with Crippen LogP contribution in [0.3, 0.4) is 0 Å². The van der Waals surface area contributed by atoms with Crippen LogP contribution in [-0.4, -0.2) is 47.3 Å². The van der Waals surface area contributed by atoms with Crippen LogP contribution in [0.2, 0.25) is 0 Å². The molecule has 2 heterocycles. The van der Waals surface area contributed by atoms with Gasteiger partial charge in [0.25, 0.3) is 5.91 Å². The highest BCUT2D eigenvalue weighted by atomic mass is 16.5. The molecular formula is C24H31N3O5. The van der Waals surface area contributed by atoms with Crippen LogP contribution in [0.1, 0.15) is 44.9 Å². The van der Waals surface area contributed by atoms with Gasteiger partial charge in [0.05, 0.1) is 18.2 Å². The first-order valence-corrected chi connectivity index (χ1v) is 10.8. The first kappa shape index (κ1) is 23.6. The molecule has 32 heavy (non-hydrogen) atoms. The van der Waals surface area contributed by atoms with Crippen molar-refractivity contribution in [3.8, 4) is 11.5 Å². The minimum atomic E-state index is -0.985. The highest BCUT2D eigenvalue weighted by molar-refractivity contribution is 6.01. The van der Waals surface area contributed by atoms with E-state index in [4.69, 9.17) is 4.74 Å². The third-order valence-corrected chi connectivity index (χ3v) is 5.34. The van der Waals surface area contributed by atoms with E-state index >= 15 is 0 Å². The van der Waals surface area contributed by atoms with Crippen molar-refractivity contribution < 1.29 is 24.5 Å². The van der Waals surface area contributed by atoms with Gasteiger partial charge in [-0.05, 0) is 31.5 Å². The zero-order chi connectivity index (χ0) is 23.5. The number of benzene rings is 2. The number of aliphatic hydroxyl groups excluding tert-OH is 1. The number of phenols is 1. The predicted octanol–water partition coefficient (Wildman–Crippen LogP) is 2.74. The number of ether oxygens (including phenoxy) is 1. The molecule has 172 valence electrons. The second kappa shape index (κ2) is 9.58. The van der Waals surface area contributed by atoms with Crippen LogP contribution in [0.15, 0.2) is 36.4 Å². The predicted molar refractivity (Wildman–Crippen MR) is 123 cm³/mol. The van der Waals surface area contributed by atoms with Gasteiger partial charge in [0.2, 0.25) is 5.91 Å². The Balaban J connectivity index is 0.00000141. The third-order valence-electron chi connectivity index (χ3n) is 5.34. The van der Waals surface area contributed by atoms with Crippen LogP contribution in [0.4, 0.5) is 11.4 Å². The van der Waals surface area contributed by atoms with Crippen molar-refractivity contribution in [3.63, 3.8) is 0 Å². The lowest BCUT2D eigenvalue weighted by atomic mass is 10.0. The molecule has 1 unspecified atom stereocenters. The number of carbonyl (C=O) groups is 2. The Morgan fingerprint density at radius 3 is 2.69 bits per heavy atom. The number of aromatic hydroxyl groups is 1. The normalized spacial score (nSPS) is 15.7. The van der Waals surface area contributed by atoms with Crippen molar-refractivity contribution in [2.75, 3.05) is 29.9 Å². The first-order valence-electron chi connectivity index (χ1n) is 10.8. The SMILES string of the molecule is CC.CC(C)(CN1C(=O)Cc2ccccc21)NCC(O)c1cc(O)cc2c1OCC(=O)N2. The topological polar surface area (TPSA) is 111 Å². The standard InChI is InChI=1S/C22H25N3O5.C2H6/c1-22(2,12-25-17-6-4-3-5-13(17)7-20(25)29)23-10-18(27)15-8-14(26)9-16-21(15)30-11-19(28)24-16;1-2/h3-6,8-9,18,23,26-27H,7,10-12H2,1-2H3,(H,24,28);1-2H3. The smallest absolute Gasteiger partial charge is 0.262 e. The zero-order valence-electron chi connectivity index (χ0n) is 18.9. The van der Waals surface area contributed by atoms with E-state index in [1.165, 1.54) is 12.1 Å². The molecule has 8 nitrogen and oxygen atoms in total. The molecule has 0 fully saturated rings. The van der Waals surface area contributed by atoms with Gasteiger partial charge in [0.1, 0.15) is 11.5 Å². The minimum absolute atomic E-state index is 0.0535. The number of phenolic OH excluding ortho intramolecular Hbond substituents is 1. The van der Waals surface area contributed by atoms with Crippen molar-refractivity contribution in [2.24, 2.45) is 0 Å². The van der Waals surface area contributed by atoms with Crippen molar-refractivity contribution in [1.82, 2.24) is 5.32 Å². The largest absolute Gasteiger partial charge is 0.508 e. The van der Waals surface area contributed by atoms with Crippen LogP contribution < -0.4 is 20.3 Å². The van der Waals surface area contributed by atoms with E-state index in [9.17, 15) is 19.8 Å². The van der Waals surface area contributed by atoms with Gasteiger partial charge in [0, 0.05) is 35.9 Å². The Morgan fingerprint density at radius 2 is 1.94 bits per heavy atom. The van der Waals surface area contributed by atoms with Crippen molar-refractivity contribution in [1.29, 1.82) is 0 Å². The molecule has 2 aliphatic heterocycles. The van der Waals surface area contributed by atoms with Gasteiger partial charge in [-0.1, -0.05) is 32.0 Å². The summed E-state index contributed by atoms with van der Waals surface area (Å²) in [7, 11) is 0. The number of nitrogens with zero attached hydrogens (tertiary/aromatic N) is 1. The molecule has 2 amide bonds. The van der Waals surface area contributed by atoms with Gasteiger partial charge in [-0.15, -0.1) is 0 Å². The van der Waals surface area contributed by atoms with Crippen molar-refractivity contribution in [2.45, 2.75) is 45.8 Å². The van der Waals surface area contributed by atoms with Gasteiger partial charge in [-0.3, -0.25) is 9.59 Å². The molecule has 2 aromatic rings. The van der Waals surface area contributed by atoms with Gasteiger partial charge in [-0.25, -0.2) is 0 Å². The molecular weight excluding hydrogens is 410 g/mol. The van der Waals surface area contributed by atoms with E-state index in [2.05, 4.69) is 10.6 Å². The van der Waals surface area contributed by atoms with E-state index in [1.54, 1.807) is 4.90 Å². The summed E-state index contributed by atoms with van der Waals surface area (Å²) in [6.45, 7) is 8.39. The van der Waals surface area contributed by atoms with Crippen LogP contribution in [0.5, 0.6) is 11.5 Å². The molecule has 0 bridgehead atoms. The summed E-state index contributed by atoms with van der Waals surface area (Å²) in [6.07, 6.45) is -0.588. The number of carbonyl (C=O) groups excluding carboxylic acids is 2. The number of hydrogen-bond donors (Lipinski definition) is 4. The van der Waals surface area contributed by atoms with Crippen LogP contribution in [-0.2, 0) is 16.0 Å². The Morgan fingerprint density at radius 1 is 1.22 bits per heavy atom. The first-order chi connectivity index (χ1) is 15.2. The summed E-state index contributed by atoms with van der Waals surface area (Å²) >= 11 is 0. The number of fused-ring (bicyclic) bond motifs is 2. The molecule has 0 saturated heterocycles. The van der Waals surface area contributed by atoms with Crippen molar-refractivity contribution in [3.05, 3.63) is 47.5 Å². The van der Waals surface area contributed by atoms with E-state index < -0.39 is 11.6 Å². The second-order valence-electron chi connectivity index (χ2n) is 8.31. The molecule has 8 heteroatoms. The molecule has 4 N–H and O–H groups in total. The summed E-state index contributed by atoms with van der Waals surface area (Å²) < 4.78 is 5.47. The molecule has 0 saturated carbocycles. The molecule has 0 aliphatic carbocycles. The maximum atomic E-state index is 12.5. The average Bonchev–Trinajstić information content (AvgIpc) is 3.07. The number of para-hydroxylation sites is 1. The van der Waals surface area contributed by atoms with Crippen LogP contribution in [0.25, 0.3) is 0 Å². The summed E-state index contributed by atoms with van der Waals surface area (Å²) in [5.41, 5.74) is 2.17. The van der Waals surface area contributed by atoms with Gasteiger partial charge in [-0.2, -0.15) is 0 Å². The molecule has 0 aromatic heterocycles. The number of amides is 2. The summed E-state index contributed by atoms with van der Waals surface area (Å²) in [6, 6.07) is 10.6. The van der Waals surface area contributed by atoms with Gasteiger partial charge < -0.3 is 30.5 Å². The Kier molecular flexibility index (Phi) is 7.06. The summed E-state index contributed by atoms with van der Waals surface area (Å²) in [4.78, 5) is 25.8. The van der Waals surface area contributed by atoms with Gasteiger partial charge in [0.15, 0.2) is 6.61 Å². The minimum Gasteiger partial charge on any atom is -0.508 e. The lowest BCUT2D eigenvalue weighted by Gasteiger charge is -2.33. The summed E-state index contributed by atoms with van der Waals surface area (Å²) in [5, 5.41) is 26.6. The molecule has 0 spiro atoms. The highest BCUT2D eigenvalue weighted by Gasteiger charge is 2.32. The maximum absolute atomic E-state index is 12.5. The molecule has 2 aromatic carbocycles. The Bertz CT molecular complexity index is 1010. The fraction of sp³-hybridized carbons (Fsp3) is 0.417. The number of β-amino-alcohol motifs (C(OH)–C–C–N with tert-alkyl or cyclic N) is 1. The van der Waals surface area contributed by atoms with E-state index in [0.717, 1.165) is 11.3 Å². The van der Waals surface area contributed by atoms with Crippen LogP contribution >= 0.6 is 0 Å². The fourth-order valence-electron chi connectivity index (χ4n) is 3.88. The molecule has 1 atom stereocenters. The number of hydrogen-bond acceptors (Lipinski definition) is 6. The lowest BCUT2D eigenvalue weighted by Crippen LogP contribution is -2.51. The lowest BCUT2D eigenvalue weighted by molar-refractivity contribution is -0.119. The van der Waals surface area contributed by atoms with Gasteiger partial charge >= 0.3 is 0 Å². The van der Waals surface area contributed by atoms with E-state index in [0.29, 0.717) is 30.0 Å². The van der Waals surface area contributed by atoms with E-state index in [1.807, 2.05) is 52.0 Å². The monoisotopic (exact) mass is 441 g/mol. The van der Waals surface area contributed by atoms with E-state index in [-0.39, 0.29) is 30.7 Å². The van der Waals surface area contributed by atoms with Crippen LogP contribution in [0, 0.1) is 0 Å². The average molecular weight is 442 g/mol. The molecule has 2 aliphatic rings. The third kappa shape index (κ3) is 5.03. The summed E-state index contributed by atoms with van der Waals surface area (Å²) in [5.74, 6) is 0.0106. The Labute approximate surface area is 188 Å². The molecule has 4 rings (SSSR count). The fourth-order valence-corrected chi connectivity index (χ4v) is 3.88. The number of aliphatic hydroxyl groups is 1. The quantitative estimate of drug-likeness (QED) is 0.549. The van der Waals surface area contributed by atoms with Crippen molar-refractivity contribution >= 4 is 23.2 Å². The molecule has 0 radical (unpaired) electrons. The Hall–Kier alpha value is -3.10. The zero-order valence-corrected chi connectivity index (χ0v) is 18.9. The number of rotatable bonds is 6. The number of nitrogens with one attached hydrogen (secondary N) is 2. The number of anilines is 2. The second-order valence-corrected chi connectivity index (χ2v) is 8.31.